The van der Waals surface area contributed by atoms with Gasteiger partial charge in [-0.05, 0) is 12.0 Å². The van der Waals surface area contributed by atoms with Gasteiger partial charge in [0.25, 0.3) is 0 Å². The molecule has 0 aliphatic heterocycles. The standard InChI is InChI=1S/C13H17NO3/c1-9(13(16)17)7-12(15)11(14)8-10-5-3-2-4-6-10/h2-6,9,11H,7-8,14H2,1H3,(H,16,17). The summed E-state index contributed by atoms with van der Waals surface area (Å²) in [5, 5.41) is 8.71. The van der Waals surface area contributed by atoms with Gasteiger partial charge in [0.15, 0.2) is 5.78 Å². The molecule has 0 saturated carbocycles. The van der Waals surface area contributed by atoms with E-state index >= 15 is 0 Å². The summed E-state index contributed by atoms with van der Waals surface area (Å²) in [5.74, 6) is -1.85. The fourth-order valence-electron chi connectivity index (χ4n) is 1.52. The minimum Gasteiger partial charge on any atom is -0.481 e. The highest BCUT2D eigenvalue weighted by Gasteiger charge is 2.20. The highest BCUT2D eigenvalue weighted by molar-refractivity contribution is 5.87. The van der Waals surface area contributed by atoms with Crippen LogP contribution in [0.25, 0.3) is 0 Å². The van der Waals surface area contributed by atoms with Crippen LogP contribution in [0, 0.1) is 5.92 Å². The van der Waals surface area contributed by atoms with Crippen molar-refractivity contribution in [1.29, 1.82) is 0 Å². The molecule has 2 unspecified atom stereocenters. The minimum absolute atomic E-state index is 0.0106. The summed E-state index contributed by atoms with van der Waals surface area (Å²) in [4.78, 5) is 22.3. The summed E-state index contributed by atoms with van der Waals surface area (Å²) in [6.45, 7) is 1.51. The lowest BCUT2D eigenvalue weighted by molar-refractivity contribution is -0.143. The van der Waals surface area contributed by atoms with E-state index in [1.54, 1.807) is 0 Å². The van der Waals surface area contributed by atoms with Crippen molar-refractivity contribution < 1.29 is 14.7 Å². The molecule has 17 heavy (non-hydrogen) atoms. The smallest absolute Gasteiger partial charge is 0.306 e. The number of carboxylic acid groups (broad SMARTS) is 1. The summed E-state index contributed by atoms with van der Waals surface area (Å²) in [5.41, 5.74) is 6.74. The number of carbonyl (C=O) groups excluding carboxylic acids is 1. The number of Topliss-reactive ketones (excluding diaryl/α,β-unsaturated/α-hetero) is 1. The number of rotatable bonds is 6. The summed E-state index contributed by atoms with van der Waals surface area (Å²) < 4.78 is 0. The lowest BCUT2D eigenvalue weighted by Gasteiger charge is -2.12. The van der Waals surface area contributed by atoms with Gasteiger partial charge in [-0.3, -0.25) is 9.59 Å². The van der Waals surface area contributed by atoms with Crippen LogP contribution in [0.4, 0.5) is 0 Å². The summed E-state index contributed by atoms with van der Waals surface area (Å²) in [7, 11) is 0. The van der Waals surface area contributed by atoms with Crippen molar-refractivity contribution in [3.05, 3.63) is 35.9 Å². The summed E-state index contributed by atoms with van der Waals surface area (Å²) in [6.07, 6.45) is 0.440. The zero-order valence-corrected chi connectivity index (χ0v) is 9.80. The molecular weight excluding hydrogens is 218 g/mol. The first-order chi connectivity index (χ1) is 8.00. The normalized spacial score (nSPS) is 14.0. The molecule has 0 heterocycles. The van der Waals surface area contributed by atoms with Gasteiger partial charge in [0.1, 0.15) is 0 Å². The van der Waals surface area contributed by atoms with E-state index < -0.39 is 17.9 Å². The Kier molecular flexibility index (Phi) is 4.84. The zero-order valence-electron chi connectivity index (χ0n) is 9.80. The summed E-state index contributed by atoms with van der Waals surface area (Å²) in [6, 6.07) is 8.82. The molecule has 1 aromatic carbocycles. The first kappa shape index (κ1) is 13.4. The van der Waals surface area contributed by atoms with Crippen molar-refractivity contribution in [2.45, 2.75) is 25.8 Å². The second-order valence-corrected chi connectivity index (χ2v) is 4.21. The molecule has 1 aromatic rings. The van der Waals surface area contributed by atoms with E-state index in [1.807, 2.05) is 30.3 Å². The number of ketones is 1. The lowest BCUT2D eigenvalue weighted by Crippen LogP contribution is -2.34. The van der Waals surface area contributed by atoms with Crippen LogP contribution in [0.3, 0.4) is 0 Å². The summed E-state index contributed by atoms with van der Waals surface area (Å²) >= 11 is 0. The third-order valence-corrected chi connectivity index (χ3v) is 2.64. The maximum Gasteiger partial charge on any atom is 0.306 e. The predicted octanol–water partition coefficient (Wildman–Crippen LogP) is 1.24. The molecule has 0 aliphatic rings. The third-order valence-electron chi connectivity index (χ3n) is 2.64. The fourth-order valence-corrected chi connectivity index (χ4v) is 1.52. The van der Waals surface area contributed by atoms with Crippen molar-refractivity contribution >= 4 is 11.8 Å². The quantitative estimate of drug-likeness (QED) is 0.777. The van der Waals surface area contributed by atoms with Gasteiger partial charge in [-0.25, -0.2) is 0 Å². The zero-order chi connectivity index (χ0) is 12.8. The highest BCUT2D eigenvalue weighted by atomic mass is 16.4. The Balaban J connectivity index is 2.50. The average molecular weight is 235 g/mol. The SMILES string of the molecule is CC(CC(=O)C(N)Cc1ccccc1)C(=O)O. The Hall–Kier alpha value is -1.68. The monoisotopic (exact) mass is 235 g/mol. The average Bonchev–Trinajstić information content (AvgIpc) is 2.29. The molecule has 0 spiro atoms. The topological polar surface area (TPSA) is 80.4 Å². The van der Waals surface area contributed by atoms with Crippen LogP contribution in [-0.4, -0.2) is 22.9 Å². The molecule has 2 atom stereocenters. The van der Waals surface area contributed by atoms with Crippen molar-refractivity contribution in [3.8, 4) is 0 Å². The van der Waals surface area contributed by atoms with Crippen molar-refractivity contribution in [1.82, 2.24) is 0 Å². The number of hydrogen-bond donors (Lipinski definition) is 2. The van der Waals surface area contributed by atoms with Gasteiger partial charge < -0.3 is 10.8 Å². The molecule has 0 radical (unpaired) electrons. The van der Waals surface area contributed by atoms with E-state index in [4.69, 9.17) is 10.8 Å². The largest absolute Gasteiger partial charge is 0.481 e. The van der Waals surface area contributed by atoms with Gasteiger partial charge in [0, 0.05) is 6.42 Å². The van der Waals surface area contributed by atoms with E-state index in [9.17, 15) is 9.59 Å². The van der Waals surface area contributed by atoms with Crippen molar-refractivity contribution in [3.63, 3.8) is 0 Å². The number of carbonyl (C=O) groups is 2. The van der Waals surface area contributed by atoms with E-state index in [1.165, 1.54) is 6.92 Å². The number of carboxylic acids is 1. The van der Waals surface area contributed by atoms with Crippen LogP contribution < -0.4 is 5.73 Å². The molecule has 0 aromatic heterocycles. The van der Waals surface area contributed by atoms with E-state index in [0.717, 1.165) is 5.56 Å². The van der Waals surface area contributed by atoms with Crippen LogP contribution in [0.1, 0.15) is 18.9 Å². The Morgan fingerprint density at radius 1 is 1.29 bits per heavy atom. The van der Waals surface area contributed by atoms with E-state index in [-0.39, 0.29) is 12.2 Å². The lowest BCUT2D eigenvalue weighted by atomic mass is 9.96. The van der Waals surface area contributed by atoms with Crippen LogP contribution in [0.5, 0.6) is 0 Å². The van der Waals surface area contributed by atoms with Crippen LogP contribution in [0.2, 0.25) is 0 Å². The van der Waals surface area contributed by atoms with Crippen LogP contribution >= 0.6 is 0 Å². The molecule has 4 nitrogen and oxygen atoms in total. The van der Waals surface area contributed by atoms with Gasteiger partial charge in [-0.1, -0.05) is 37.3 Å². The van der Waals surface area contributed by atoms with Gasteiger partial charge in [-0.15, -0.1) is 0 Å². The van der Waals surface area contributed by atoms with E-state index in [0.29, 0.717) is 6.42 Å². The predicted molar refractivity (Wildman–Crippen MR) is 64.5 cm³/mol. The molecule has 4 heteroatoms. The van der Waals surface area contributed by atoms with Gasteiger partial charge in [0.2, 0.25) is 0 Å². The Morgan fingerprint density at radius 2 is 1.88 bits per heavy atom. The van der Waals surface area contributed by atoms with E-state index in [2.05, 4.69) is 0 Å². The molecule has 1 rings (SSSR count). The Morgan fingerprint density at radius 3 is 2.41 bits per heavy atom. The first-order valence-corrected chi connectivity index (χ1v) is 5.55. The Labute approximate surface area is 100 Å². The molecule has 0 fully saturated rings. The molecule has 92 valence electrons. The van der Waals surface area contributed by atoms with Gasteiger partial charge in [0.05, 0.1) is 12.0 Å². The number of benzene rings is 1. The van der Waals surface area contributed by atoms with Gasteiger partial charge in [-0.2, -0.15) is 0 Å². The molecule has 0 saturated heterocycles. The fraction of sp³-hybridized carbons (Fsp3) is 0.385. The van der Waals surface area contributed by atoms with Crippen molar-refractivity contribution in [2.24, 2.45) is 11.7 Å². The highest BCUT2D eigenvalue weighted by Crippen LogP contribution is 2.08. The molecule has 0 bridgehead atoms. The Bertz CT molecular complexity index is 389. The molecular formula is C13H17NO3. The number of hydrogen-bond acceptors (Lipinski definition) is 3. The maximum absolute atomic E-state index is 11.7. The second-order valence-electron chi connectivity index (χ2n) is 4.21. The van der Waals surface area contributed by atoms with Crippen LogP contribution in [-0.2, 0) is 16.0 Å². The first-order valence-electron chi connectivity index (χ1n) is 5.55. The van der Waals surface area contributed by atoms with Crippen molar-refractivity contribution in [2.75, 3.05) is 0 Å². The molecule has 0 aliphatic carbocycles. The molecule has 3 N–H and O–H groups in total. The number of nitrogens with two attached hydrogens (primary N) is 1. The third kappa shape index (κ3) is 4.36. The number of aliphatic carboxylic acids is 1. The molecule has 0 amide bonds. The minimum atomic E-state index is -0.967. The van der Waals surface area contributed by atoms with Gasteiger partial charge >= 0.3 is 5.97 Å². The second kappa shape index (κ2) is 6.15. The maximum atomic E-state index is 11.7. The van der Waals surface area contributed by atoms with Crippen LogP contribution in [0.15, 0.2) is 30.3 Å².